The zero-order valence-corrected chi connectivity index (χ0v) is 15.0. The molecule has 3 rings (SSSR count). The highest BCUT2D eigenvalue weighted by atomic mass is 35.5. The van der Waals surface area contributed by atoms with Crippen molar-refractivity contribution in [3.63, 3.8) is 0 Å². The average Bonchev–Trinajstić information content (AvgIpc) is 2.63. The van der Waals surface area contributed by atoms with Gasteiger partial charge in [-0.05, 0) is 24.5 Å². The van der Waals surface area contributed by atoms with Crippen LogP contribution < -0.4 is 4.74 Å². The first-order chi connectivity index (χ1) is 12.0. The van der Waals surface area contributed by atoms with Gasteiger partial charge in [0.05, 0.1) is 24.0 Å². The van der Waals surface area contributed by atoms with Gasteiger partial charge in [0, 0.05) is 12.0 Å². The molecule has 1 aliphatic heterocycles. The topological polar surface area (TPSA) is 72.4 Å². The maximum absolute atomic E-state index is 12.5. The molecule has 1 aromatic heterocycles. The fourth-order valence-electron chi connectivity index (χ4n) is 2.56. The fourth-order valence-corrected chi connectivity index (χ4v) is 3.91. The van der Waals surface area contributed by atoms with Crippen LogP contribution in [0.15, 0.2) is 48.1 Å². The molecule has 1 saturated heterocycles. The Balaban J connectivity index is 1.65. The van der Waals surface area contributed by atoms with Crippen molar-refractivity contribution in [3.05, 3.63) is 58.7 Å². The third-order valence-corrected chi connectivity index (χ3v) is 5.53. The number of sulfonamides is 1. The van der Waals surface area contributed by atoms with Gasteiger partial charge in [-0.1, -0.05) is 41.9 Å². The molecule has 6 nitrogen and oxygen atoms in total. The first-order valence-corrected chi connectivity index (χ1v) is 9.78. The van der Waals surface area contributed by atoms with E-state index in [1.165, 1.54) is 22.1 Å². The zero-order chi connectivity index (χ0) is 17.7. The Morgan fingerprint density at radius 1 is 1.20 bits per heavy atom. The molecule has 1 aliphatic rings. The Kier molecular flexibility index (Phi) is 5.67. The van der Waals surface area contributed by atoms with Crippen molar-refractivity contribution in [1.82, 2.24) is 14.3 Å². The first-order valence-electron chi connectivity index (χ1n) is 7.90. The third kappa shape index (κ3) is 5.01. The Morgan fingerprint density at radius 3 is 2.64 bits per heavy atom. The summed E-state index contributed by atoms with van der Waals surface area (Å²) in [6.45, 7) is 0.746. The van der Waals surface area contributed by atoms with Crippen LogP contribution in [0.1, 0.15) is 18.4 Å². The molecule has 25 heavy (non-hydrogen) atoms. The summed E-state index contributed by atoms with van der Waals surface area (Å²) < 4.78 is 32.2. The number of rotatable bonds is 5. The lowest BCUT2D eigenvalue weighted by molar-refractivity contribution is 0.120. The molecule has 0 amide bonds. The lowest BCUT2D eigenvalue weighted by Gasteiger charge is -2.30. The number of nitrogens with zero attached hydrogens (tertiary/aromatic N) is 3. The summed E-state index contributed by atoms with van der Waals surface area (Å²) in [6, 6.07) is 9.52. The number of piperidine rings is 1. The standard InChI is InChI=1S/C17H18ClN3O3S/c18-15-11-19-17(20-12-15)24-16-7-4-9-21(13-16)25(22,23)10-8-14-5-2-1-3-6-14/h1-3,5-6,8,10-12,16H,4,7,9,13H2/b10-8+. The van der Waals surface area contributed by atoms with Crippen LogP contribution in [0.4, 0.5) is 0 Å². The molecular weight excluding hydrogens is 362 g/mol. The largest absolute Gasteiger partial charge is 0.459 e. The molecule has 1 unspecified atom stereocenters. The summed E-state index contributed by atoms with van der Waals surface area (Å²) in [7, 11) is -3.50. The van der Waals surface area contributed by atoms with Crippen molar-refractivity contribution >= 4 is 27.7 Å². The summed E-state index contributed by atoms with van der Waals surface area (Å²) in [5.74, 6) is 0. The zero-order valence-electron chi connectivity index (χ0n) is 13.5. The molecule has 0 saturated carbocycles. The van der Waals surface area contributed by atoms with Crippen LogP contribution in [0.5, 0.6) is 6.01 Å². The Morgan fingerprint density at radius 2 is 1.92 bits per heavy atom. The van der Waals surface area contributed by atoms with Crippen molar-refractivity contribution in [3.8, 4) is 6.01 Å². The lowest BCUT2D eigenvalue weighted by atomic mass is 10.1. The summed E-state index contributed by atoms with van der Waals surface area (Å²) in [5.41, 5.74) is 0.838. The van der Waals surface area contributed by atoms with E-state index in [0.29, 0.717) is 11.6 Å². The minimum Gasteiger partial charge on any atom is -0.459 e. The minimum atomic E-state index is -3.50. The quantitative estimate of drug-likeness (QED) is 0.798. The smallest absolute Gasteiger partial charge is 0.316 e. The van der Waals surface area contributed by atoms with Gasteiger partial charge in [0.1, 0.15) is 6.10 Å². The van der Waals surface area contributed by atoms with E-state index < -0.39 is 10.0 Å². The number of hydrogen-bond donors (Lipinski definition) is 0. The van der Waals surface area contributed by atoms with Gasteiger partial charge in [0.2, 0.25) is 10.0 Å². The van der Waals surface area contributed by atoms with Crippen molar-refractivity contribution in [2.45, 2.75) is 18.9 Å². The van der Waals surface area contributed by atoms with Gasteiger partial charge in [0.15, 0.2) is 0 Å². The molecule has 8 heteroatoms. The van der Waals surface area contributed by atoms with E-state index in [-0.39, 0.29) is 18.7 Å². The van der Waals surface area contributed by atoms with E-state index in [1.807, 2.05) is 30.3 Å². The van der Waals surface area contributed by atoms with E-state index in [9.17, 15) is 8.42 Å². The van der Waals surface area contributed by atoms with Crippen LogP contribution in [-0.4, -0.2) is 41.9 Å². The number of hydrogen-bond acceptors (Lipinski definition) is 5. The van der Waals surface area contributed by atoms with Gasteiger partial charge in [0.25, 0.3) is 0 Å². The van der Waals surface area contributed by atoms with Crippen molar-refractivity contribution in [2.75, 3.05) is 13.1 Å². The van der Waals surface area contributed by atoms with E-state index in [0.717, 1.165) is 18.4 Å². The fraction of sp³-hybridized carbons (Fsp3) is 0.294. The van der Waals surface area contributed by atoms with Crippen LogP contribution in [0.3, 0.4) is 0 Å². The second-order valence-corrected chi connectivity index (χ2v) is 7.94. The van der Waals surface area contributed by atoms with E-state index in [4.69, 9.17) is 16.3 Å². The predicted molar refractivity (Wildman–Crippen MR) is 96.7 cm³/mol. The summed E-state index contributed by atoms with van der Waals surface area (Å²) in [5, 5.41) is 1.66. The highest BCUT2D eigenvalue weighted by Crippen LogP contribution is 2.19. The van der Waals surface area contributed by atoms with Crippen LogP contribution in [-0.2, 0) is 10.0 Å². The van der Waals surface area contributed by atoms with Crippen molar-refractivity contribution in [2.24, 2.45) is 0 Å². The van der Waals surface area contributed by atoms with E-state index >= 15 is 0 Å². The van der Waals surface area contributed by atoms with Crippen molar-refractivity contribution in [1.29, 1.82) is 0 Å². The second-order valence-electron chi connectivity index (χ2n) is 5.68. The molecule has 132 valence electrons. The summed E-state index contributed by atoms with van der Waals surface area (Å²) in [6.07, 6.45) is 5.68. The molecule has 1 aromatic carbocycles. The monoisotopic (exact) mass is 379 g/mol. The van der Waals surface area contributed by atoms with Gasteiger partial charge in [-0.3, -0.25) is 0 Å². The van der Waals surface area contributed by atoms with Gasteiger partial charge in [-0.25, -0.2) is 18.4 Å². The highest BCUT2D eigenvalue weighted by molar-refractivity contribution is 7.92. The van der Waals surface area contributed by atoms with Crippen LogP contribution in [0.2, 0.25) is 5.02 Å². The Hall–Kier alpha value is -1.96. The number of halogens is 1. The van der Waals surface area contributed by atoms with Crippen molar-refractivity contribution < 1.29 is 13.2 Å². The molecular formula is C17H18ClN3O3S. The van der Waals surface area contributed by atoms with Gasteiger partial charge >= 0.3 is 6.01 Å². The number of ether oxygens (including phenoxy) is 1. The summed E-state index contributed by atoms with van der Waals surface area (Å²) in [4.78, 5) is 7.98. The first kappa shape index (κ1) is 17.8. The average molecular weight is 380 g/mol. The normalized spacial score (nSPS) is 19.2. The Labute approximate surface area is 152 Å². The van der Waals surface area contributed by atoms with Gasteiger partial charge < -0.3 is 4.74 Å². The van der Waals surface area contributed by atoms with Crippen LogP contribution in [0.25, 0.3) is 6.08 Å². The molecule has 2 heterocycles. The molecule has 0 N–H and O–H groups in total. The third-order valence-electron chi connectivity index (χ3n) is 3.80. The Bertz CT molecular complexity index is 826. The van der Waals surface area contributed by atoms with E-state index in [2.05, 4.69) is 9.97 Å². The number of benzene rings is 1. The van der Waals surface area contributed by atoms with Gasteiger partial charge in [-0.2, -0.15) is 4.31 Å². The molecule has 0 bridgehead atoms. The molecule has 1 atom stereocenters. The second kappa shape index (κ2) is 7.95. The summed E-state index contributed by atoms with van der Waals surface area (Å²) >= 11 is 5.75. The highest BCUT2D eigenvalue weighted by Gasteiger charge is 2.28. The minimum absolute atomic E-state index is 0.202. The van der Waals surface area contributed by atoms with E-state index in [1.54, 1.807) is 6.08 Å². The molecule has 0 spiro atoms. The molecule has 2 aromatic rings. The molecule has 0 radical (unpaired) electrons. The van der Waals surface area contributed by atoms with Crippen LogP contribution in [0, 0.1) is 0 Å². The predicted octanol–water partition coefficient (Wildman–Crippen LogP) is 2.97. The number of aromatic nitrogens is 2. The maximum Gasteiger partial charge on any atom is 0.316 e. The molecule has 0 aliphatic carbocycles. The van der Waals surface area contributed by atoms with Gasteiger partial charge in [-0.15, -0.1) is 0 Å². The SMILES string of the molecule is O=S(=O)(/C=C/c1ccccc1)N1CCCC(Oc2ncc(Cl)cn2)C1. The lowest BCUT2D eigenvalue weighted by Crippen LogP contribution is -2.43. The maximum atomic E-state index is 12.5. The molecule has 1 fully saturated rings. The van der Waals surface area contributed by atoms with Crippen LogP contribution >= 0.6 is 11.6 Å².